The Labute approximate surface area is 106 Å². The summed E-state index contributed by atoms with van der Waals surface area (Å²) in [5.41, 5.74) is 0.924. The highest BCUT2D eigenvalue weighted by Gasteiger charge is 2.00. The van der Waals surface area contributed by atoms with Crippen molar-refractivity contribution in [1.29, 1.82) is 0 Å². The first-order chi connectivity index (χ1) is 7.78. The van der Waals surface area contributed by atoms with Crippen LogP contribution in [0, 0.1) is 0 Å². The molecule has 0 aliphatic carbocycles. The predicted molar refractivity (Wildman–Crippen MR) is 67.1 cm³/mol. The lowest BCUT2D eigenvalue weighted by Gasteiger charge is -2.05. The number of thiazole rings is 1. The maximum Gasteiger partial charge on any atom is 0.159 e. The summed E-state index contributed by atoms with van der Waals surface area (Å²) >= 11 is 4.86. The molecule has 0 atom stereocenters. The minimum absolute atomic E-state index is 0.481. The highest BCUT2D eigenvalue weighted by Crippen LogP contribution is 2.20. The number of ether oxygens (including phenoxy) is 2. The van der Waals surface area contributed by atoms with Crippen LogP contribution in [-0.2, 0) is 6.61 Å². The molecule has 0 saturated carbocycles. The molecule has 2 rings (SSSR count). The number of aromatic nitrogens is 1. The molecule has 1 aromatic heterocycles. The van der Waals surface area contributed by atoms with E-state index in [0.29, 0.717) is 6.61 Å². The van der Waals surface area contributed by atoms with E-state index in [-0.39, 0.29) is 0 Å². The van der Waals surface area contributed by atoms with Crippen molar-refractivity contribution in [2.24, 2.45) is 0 Å². The first-order valence-corrected chi connectivity index (χ1v) is 6.32. The molecule has 0 spiro atoms. The standard InChI is InChI=1S/C11H10BrNO2S/c1-14-9-2-4-10(5-3-9)15-6-8-7-16-11(12)13-8/h2-5,7H,6H2,1H3. The number of rotatable bonds is 4. The van der Waals surface area contributed by atoms with E-state index in [1.807, 2.05) is 29.6 Å². The summed E-state index contributed by atoms with van der Waals surface area (Å²) in [4.78, 5) is 4.24. The summed E-state index contributed by atoms with van der Waals surface area (Å²) in [6.45, 7) is 0.481. The average Bonchev–Trinajstić information content (AvgIpc) is 2.73. The zero-order valence-corrected chi connectivity index (χ0v) is 11.0. The third-order valence-corrected chi connectivity index (χ3v) is 3.38. The van der Waals surface area contributed by atoms with Crippen LogP contribution in [0.4, 0.5) is 0 Å². The minimum atomic E-state index is 0.481. The molecule has 0 amide bonds. The Bertz CT molecular complexity index is 455. The second-order valence-corrected chi connectivity index (χ2v) is 5.19. The van der Waals surface area contributed by atoms with E-state index in [2.05, 4.69) is 20.9 Å². The van der Waals surface area contributed by atoms with Gasteiger partial charge in [-0.05, 0) is 40.2 Å². The van der Waals surface area contributed by atoms with Crippen LogP contribution in [0.25, 0.3) is 0 Å². The van der Waals surface area contributed by atoms with Gasteiger partial charge in [-0.2, -0.15) is 0 Å². The van der Waals surface area contributed by atoms with Crippen LogP contribution < -0.4 is 9.47 Å². The fourth-order valence-electron chi connectivity index (χ4n) is 1.18. The van der Waals surface area contributed by atoms with E-state index in [0.717, 1.165) is 21.1 Å². The third kappa shape index (κ3) is 2.96. The van der Waals surface area contributed by atoms with Crippen molar-refractivity contribution in [3.05, 3.63) is 39.3 Å². The van der Waals surface area contributed by atoms with Crippen LogP contribution in [0.1, 0.15) is 5.69 Å². The largest absolute Gasteiger partial charge is 0.497 e. The fraction of sp³-hybridized carbons (Fsp3) is 0.182. The van der Waals surface area contributed by atoms with Gasteiger partial charge in [-0.25, -0.2) is 4.98 Å². The molecule has 0 saturated heterocycles. The van der Waals surface area contributed by atoms with Gasteiger partial charge >= 0.3 is 0 Å². The van der Waals surface area contributed by atoms with Gasteiger partial charge in [-0.15, -0.1) is 11.3 Å². The molecule has 5 heteroatoms. The summed E-state index contributed by atoms with van der Waals surface area (Å²) in [5.74, 6) is 1.63. The van der Waals surface area contributed by atoms with Crippen molar-refractivity contribution in [2.45, 2.75) is 6.61 Å². The quantitative estimate of drug-likeness (QED) is 0.866. The topological polar surface area (TPSA) is 31.4 Å². The minimum Gasteiger partial charge on any atom is -0.497 e. The van der Waals surface area contributed by atoms with Crippen LogP contribution in [0.2, 0.25) is 0 Å². The molecular formula is C11H10BrNO2S. The molecular weight excluding hydrogens is 290 g/mol. The summed E-state index contributed by atoms with van der Waals surface area (Å²) < 4.78 is 11.5. The van der Waals surface area contributed by atoms with Crippen LogP contribution >= 0.6 is 27.3 Å². The molecule has 1 heterocycles. The van der Waals surface area contributed by atoms with Crippen LogP contribution in [-0.4, -0.2) is 12.1 Å². The van der Waals surface area contributed by atoms with Gasteiger partial charge in [-0.1, -0.05) is 0 Å². The third-order valence-electron chi connectivity index (χ3n) is 1.97. The van der Waals surface area contributed by atoms with Gasteiger partial charge in [-0.3, -0.25) is 0 Å². The van der Waals surface area contributed by atoms with E-state index in [1.54, 1.807) is 18.4 Å². The van der Waals surface area contributed by atoms with Crippen molar-refractivity contribution in [1.82, 2.24) is 4.98 Å². The maximum absolute atomic E-state index is 5.57. The molecule has 2 aromatic rings. The van der Waals surface area contributed by atoms with E-state index in [9.17, 15) is 0 Å². The zero-order valence-electron chi connectivity index (χ0n) is 8.64. The number of halogens is 1. The monoisotopic (exact) mass is 299 g/mol. The molecule has 16 heavy (non-hydrogen) atoms. The highest BCUT2D eigenvalue weighted by molar-refractivity contribution is 9.11. The van der Waals surface area contributed by atoms with Crippen molar-refractivity contribution in [3.63, 3.8) is 0 Å². The summed E-state index contributed by atoms with van der Waals surface area (Å²) in [6.07, 6.45) is 0. The summed E-state index contributed by atoms with van der Waals surface area (Å²) in [5, 5.41) is 1.97. The SMILES string of the molecule is COc1ccc(OCc2csc(Br)n2)cc1. The first-order valence-electron chi connectivity index (χ1n) is 4.64. The lowest BCUT2D eigenvalue weighted by Crippen LogP contribution is -1.95. The van der Waals surface area contributed by atoms with Crippen LogP contribution in [0.5, 0.6) is 11.5 Å². The molecule has 3 nitrogen and oxygen atoms in total. The van der Waals surface area contributed by atoms with E-state index >= 15 is 0 Å². The Morgan fingerprint density at radius 2 is 1.94 bits per heavy atom. The molecule has 0 bridgehead atoms. The molecule has 0 unspecified atom stereocenters. The first kappa shape index (κ1) is 11.4. The van der Waals surface area contributed by atoms with Crippen molar-refractivity contribution in [3.8, 4) is 11.5 Å². The van der Waals surface area contributed by atoms with E-state index in [4.69, 9.17) is 9.47 Å². The number of nitrogens with zero attached hydrogens (tertiary/aromatic N) is 1. The van der Waals surface area contributed by atoms with E-state index in [1.165, 1.54) is 0 Å². The van der Waals surface area contributed by atoms with Crippen molar-refractivity contribution < 1.29 is 9.47 Å². The lowest BCUT2D eigenvalue weighted by molar-refractivity contribution is 0.301. The Morgan fingerprint density at radius 1 is 1.25 bits per heavy atom. The Morgan fingerprint density at radius 3 is 2.50 bits per heavy atom. The molecule has 1 aromatic carbocycles. The average molecular weight is 300 g/mol. The molecule has 0 fully saturated rings. The number of benzene rings is 1. The second kappa shape index (κ2) is 5.32. The summed E-state index contributed by atoms with van der Waals surface area (Å²) in [7, 11) is 1.64. The smallest absolute Gasteiger partial charge is 0.159 e. The Kier molecular flexibility index (Phi) is 3.79. The van der Waals surface area contributed by atoms with Crippen LogP contribution in [0.3, 0.4) is 0 Å². The van der Waals surface area contributed by atoms with Crippen LogP contribution in [0.15, 0.2) is 33.6 Å². The molecule has 84 valence electrons. The van der Waals surface area contributed by atoms with Crippen molar-refractivity contribution >= 4 is 27.3 Å². The predicted octanol–water partition coefficient (Wildman–Crippen LogP) is 3.49. The zero-order chi connectivity index (χ0) is 11.4. The van der Waals surface area contributed by atoms with Gasteiger partial charge in [0.05, 0.1) is 12.8 Å². The normalized spacial score (nSPS) is 10.1. The van der Waals surface area contributed by atoms with Gasteiger partial charge in [0.2, 0.25) is 0 Å². The molecule has 0 aliphatic heterocycles. The highest BCUT2D eigenvalue weighted by atomic mass is 79.9. The number of hydrogen-bond donors (Lipinski definition) is 0. The Balaban J connectivity index is 1.94. The maximum atomic E-state index is 5.57. The van der Waals surface area contributed by atoms with Gasteiger partial charge < -0.3 is 9.47 Å². The number of hydrogen-bond acceptors (Lipinski definition) is 4. The van der Waals surface area contributed by atoms with Gasteiger partial charge in [0.25, 0.3) is 0 Å². The molecule has 0 aliphatic rings. The van der Waals surface area contributed by atoms with Gasteiger partial charge in [0.1, 0.15) is 18.1 Å². The summed E-state index contributed by atoms with van der Waals surface area (Å²) in [6, 6.07) is 7.49. The molecule has 0 radical (unpaired) electrons. The Hall–Kier alpha value is -1.07. The second-order valence-electron chi connectivity index (χ2n) is 3.06. The lowest BCUT2D eigenvalue weighted by atomic mass is 10.3. The van der Waals surface area contributed by atoms with Gasteiger partial charge in [0.15, 0.2) is 3.92 Å². The number of methoxy groups -OCH3 is 1. The van der Waals surface area contributed by atoms with Crippen molar-refractivity contribution in [2.75, 3.05) is 7.11 Å². The fourth-order valence-corrected chi connectivity index (χ4v) is 2.21. The van der Waals surface area contributed by atoms with Gasteiger partial charge in [0, 0.05) is 5.38 Å². The van der Waals surface area contributed by atoms with E-state index < -0.39 is 0 Å². The molecule has 0 N–H and O–H groups in total.